The molecule has 0 aliphatic rings. The first-order chi connectivity index (χ1) is 45.2. The average molecular weight is 1210 g/mol. The Labute approximate surface area is 546 Å². The molecule has 5 nitrogen and oxygen atoms in total. The van der Waals surface area contributed by atoms with Gasteiger partial charge < -0.3 is 24.0 Å². The van der Waals surface area contributed by atoms with Crippen LogP contribution in [0.2, 0.25) is 0 Å². The fourth-order valence-electron chi connectivity index (χ4n) is 12.7. The van der Waals surface area contributed by atoms with Gasteiger partial charge in [0.15, 0.2) is 0 Å². The molecule has 14 rings (SSSR count). The van der Waals surface area contributed by atoms with Crippen molar-refractivity contribution in [2.24, 2.45) is 0 Å². The minimum absolute atomic E-state index is 0.295. The molecule has 0 unspecified atom stereocenters. The van der Waals surface area contributed by atoms with Gasteiger partial charge in [-0.25, -0.2) is 4.39 Å². The first-order valence-electron chi connectivity index (χ1n) is 32.0. The molecule has 6 heteroatoms. The van der Waals surface area contributed by atoms with Crippen LogP contribution in [-0.4, -0.2) is 0 Å². The number of hydrogen-bond donors (Lipinski definition) is 0. The Hall–Kier alpha value is -11.2. The number of furan rings is 1. The molecule has 0 spiro atoms. The molecule has 0 aliphatic heterocycles. The zero-order valence-electron chi connectivity index (χ0n) is 54.1. The van der Waals surface area contributed by atoms with E-state index in [1.807, 2.05) is 24.3 Å². The van der Waals surface area contributed by atoms with Gasteiger partial charge >= 0.3 is 0 Å². The van der Waals surface area contributed by atoms with Crippen LogP contribution in [0, 0.1) is 68.1 Å². The summed E-state index contributed by atoms with van der Waals surface area (Å²) in [6.07, 6.45) is 0. The number of hydrogen-bond acceptors (Lipinski definition) is 5. The van der Waals surface area contributed by atoms with E-state index in [-0.39, 0.29) is 5.82 Å². The molecule has 0 fully saturated rings. The number of nitrogens with zero attached hydrogens (tertiary/aromatic N) is 4. The van der Waals surface area contributed by atoms with Crippen LogP contribution in [0.15, 0.2) is 283 Å². The first kappa shape index (κ1) is 59.4. The van der Waals surface area contributed by atoms with Gasteiger partial charge in [-0.15, -0.1) is 0 Å². The van der Waals surface area contributed by atoms with Gasteiger partial charge in [-0.3, -0.25) is 0 Å². The zero-order chi connectivity index (χ0) is 64.0. The predicted molar refractivity (Wildman–Crippen MR) is 391 cm³/mol. The van der Waals surface area contributed by atoms with Crippen LogP contribution in [0.1, 0.15) is 50.1 Å². The molecule has 0 saturated heterocycles. The van der Waals surface area contributed by atoms with Crippen LogP contribution in [0.3, 0.4) is 0 Å². The third-order valence-corrected chi connectivity index (χ3v) is 18.7. The molecule has 0 atom stereocenters. The van der Waals surface area contributed by atoms with Crippen molar-refractivity contribution in [3.05, 3.63) is 335 Å². The fraction of sp³-hybridized carbons (Fsp3) is 0.103. The van der Waals surface area contributed by atoms with E-state index in [1.54, 1.807) is 12.1 Å². The smallest absolute Gasteiger partial charge is 0.135 e. The number of rotatable bonds is 15. The van der Waals surface area contributed by atoms with E-state index in [9.17, 15) is 4.39 Å². The van der Waals surface area contributed by atoms with E-state index in [0.29, 0.717) is 0 Å². The van der Waals surface area contributed by atoms with Gasteiger partial charge in [0.1, 0.15) is 17.0 Å². The molecule has 0 radical (unpaired) electrons. The maximum Gasteiger partial charge on any atom is 0.135 e. The Morgan fingerprint density at radius 2 is 0.462 bits per heavy atom. The summed E-state index contributed by atoms with van der Waals surface area (Å²) in [5, 5.41) is 2.07. The second kappa shape index (κ2) is 24.9. The number of anilines is 12. The van der Waals surface area contributed by atoms with Crippen LogP contribution in [0.5, 0.6) is 0 Å². The Kier molecular flexibility index (Phi) is 15.9. The van der Waals surface area contributed by atoms with Crippen molar-refractivity contribution in [1.82, 2.24) is 0 Å². The highest BCUT2D eigenvalue weighted by molar-refractivity contribution is 6.07. The van der Waals surface area contributed by atoms with Gasteiger partial charge in [0.25, 0.3) is 0 Å². The molecule has 0 bridgehead atoms. The van der Waals surface area contributed by atoms with Crippen LogP contribution in [0.4, 0.5) is 72.6 Å². The summed E-state index contributed by atoms with van der Waals surface area (Å²) in [6.45, 7) is 19.5. The topological polar surface area (TPSA) is 26.1 Å². The molecule has 0 saturated carbocycles. The Morgan fingerprint density at radius 1 is 0.215 bits per heavy atom. The van der Waals surface area contributed by atoms with Crippen LogP contribution in [0.25, 0.3) is 55.3 Å². The zero-order valence-corrected chi connectivity index (χ0v) is 54.1. The summed E-state index contributed by atoms with van der Waals surface area (Å²) in [7, 11) is 0. The lowest BCUT2D eigenvalue weighted by atomic mass is 10.0. The SMILES string of the molecule is Cc1ccc2oc3ccc(N(c4ccc(-c5ccc(N(c6ccc(-c7ccc(N(c8ccc(-c9ccc(N(c%10ccc(C)c(C)c%10)c%10ccc(C)c(C)c%10)cc9)cc8)c8ccc(C)c(C)c8)cc7)cc6)c6ccc(C)c(C)c6)cc5)cc4)c4cccc(F)c4)cc3c2c1. The number of benzene rings is 13. The molecule has 0 amide bonds. The highest BCUT2D eigenvalue weighted by Gasteiger charge is 2.21. The van der Waals surface area contributed by atoms with Crippen molar-refractivity contribution >= 4 is 90.2 Å². The number of halogens is 1. The Bertz CT molecular complexity index is 5020. The number of fused-ring (bicyclic) bond motifs is 3. The predicted octanol–water partition coefficient (Wildman–Crippen LogP) is 25.4. The van der Waals surface area contributed by atoms with Gasteiger partial charge in [0, 0.05) is 79.0 Å². The molecule has 454 valence electrons. The van der Waals surface area contributed by atoms with Gasteiger partial charge in [0.05, 0.1) is 0 Å². The molecule has 0 N–H and O–H groups in total. The van der Waals surface area contributed by atoms with Crippen molar-refractivity contribution in [2.75, 3.05) is 19.6 Å². The third-order valence-electron chi connectivity index (χ3n) is 18.7. The van der Waals surface area contributed by atoms with Crippen molar-refractivity contribution < 1.29 is 8.81 Å². The van der Waals surface area contributed by atoms with E-state index in [0.717, 1.165) is 129 Å². The molecule has 14 aromatic rings. The second-order valence-electron chi connectivity index (χ2n) is 25.0. The monoisotopic (exact) mass is 1210 g/mol. The summed E-state index contributed by atoms with van der Waals surface area (Å²) >= 11 is 0. The molecule has 13 aromatic carbocycles. The van der Waals surface area contributed by atoms with Gasteiger partial charge in [-0.2, -0.15) is 0 Å². The summed E-state index contributed by atoms with van der Waals surface area (Å²) < 4.78 is 21.2. The van der Waals surface area contributed by atoms with E-state index < -0.39 is 0 Å². The lowest BCUT2D eigenvalue weighted by Crippen LogP contribution is -2.11. The average Bonchev–Trinajstić information content (AvgIpc) is 1.77. The Morgan fingerprint density at radius 3 is 0.763 bits per heavy atom. The lowest BCUT2D eigenvalue weighted by molar-refractivity contribution is 0.628. The fourth-order valence-corrected chi connectivity index (χ4v) is 12.7. The standard InChI is InChI=1S/C87H73FN4O/c1-56-13-47-86-84(49-56)85-55-83(46-48-87(85)93-86)91(78-12-10-11-71(88)54-78)76-42-26-69(27-43-76)67-22-38-74(39-23-67)89(79-30-14-57(2)61(6)50-79)72-34-18-65(19-35-72)66-20-36-73(37-21-66)90(80-31-15-58(3)62(7)51-80)75-40-24-68(25-41-75)70-28-44-77(45-29-70)92(81-32-16-59(4)63(8)52-81)82-33-17-60(5)64(9)53-82/h10-55H,1-9H3. The molecule has 0 aliphatic carbocycles. The van der Waals surface area contributed by atoms with E-state index in [1.165, 1.54) is 50.6 Å². The highest BCUT2D eigenvalue weighted by atomic mass is 19.1. The summed E-state index contributed by atoms with van der Waals surface area (Å²) in [6, 6.07) is 99.2. The van der Waals surface area contributed by atoms with Crippen molar-refractivity contribution in [3.63, 3.8) is 0 Å². The summed E-state index contributed by atoms with van der Waals surface area (Å²) in [4.78, 5) is 9.15. The molecular formula is C87H73FN4O. The maximum atomic E-state index is 15.0. The van der Waals surface area contributed by atoms with Crippen molar-refractivity contribution in [3.8, 4) is 33.4 Å². The van der Waals surface area contributed by atoms with Gasteiger partial charge in [-0.1, -0.05) is 115 Å². The molecule has 1 aromatic heterocycles. The summed E-state index contributed by atoms with van der Waals surface area (Å²) in [5.41, 5.74) is 32.0. The highest BCUT2D eigenvalue weighted by Crippen LogP contribution is 2.44. The van der Waals surface area contributed by atoms with E-state index in [2.05, 4.69) is 319 Å². The molecule has 1 heterocycles. The van der Waals surface area contributed by atoms with Crippen LogP contribution >= 0.6 is 0 Å². The maximum absolute atomic E-state index is 15.0. The van der Waals surface area contributed by atoms with Crippen LogP contribution in [-0.2, 0) is 0 Å². The van der Waals surface area contributed by atoms with Gasteiger partial charge in [-0.05, 0) is 310 Å². The minimum Gasteiger partial charge on any atom is -0.456 e. The van der Waals surface area contributed by atoms with Gasteiger partial charge in [0.2, 0.25) is 0 Å². The normalized spacial score (nSPS) is 11.3. The first-order valence-corrected chi connectivity index (χ1v) is 32.0. The minimum atomic E-state index is -0.295. The number of aryl methyl sites for hydroxylation is 9. The van der Waals surface area contributed by atoms with Crippen molar-refractivity contribution in [2.45, 2.75) is 62.3 Å². The summed E-state index contributed by atoms with van der Waals surface area (Å²) in [5.74, 6) is -0.295. The third kappa shape index (κ3) is 12.0. The second-order valence-corrected chi connectivity index (χ2v) is 25.0. The Balaban J connectivity index is 0.723. The largest absolute Gasteiger partial charge is 0.456 e. The molecular weight excluding hydrogens is 1140 g/mol. The van der Waals surface area contributed by atoms with E-state index in [4.69, 9.17) is 4.42 Å². The molecule has 93 heavy (non-hydrogen) atoms. The van der Waals surface area contributed by atoms with Crippen LogP contribution < -0.4 is 19.6 Å². The van der Waals surface area contributed by atoms with Crippen molar-refractivity contribution in [1.29, 1.82) is 0 Å². The van der Waals surface area contributed by atoms with E-state index >= 15 is 0 Å². The quantitative estimate of drug-likeness (QED) is 0.102. The lowest BCUT2D eigenvalue weighted by Gasteiger charge is -2.27.